The number of nitrogens with two attached hydrogens (primary N) is 1. The molecule has 0 saturated carbocycles. The van der Waals surface area contributed by atoms with E-state index in [4.69, 9.17) is 52.2 Å². The molecule has 0 bridgehead atoms. The van der Waals surface area contributed by atoms with Crippen LogP contribution in [-0.4, -0.2) is 16.0 Å². The van der Waals surface area contributed by atoms with E-state index in [0.29, 0.717) is 10.6 Å². The summed E-state index contributed by atoms with van der Waals surface area (Å²) in [6.07, 6.45) is 0. The highest BCUT2D eigenvalue weighted by Gasteiger charge is 2.08. The molecule has 2 aromatic rings. The second-order valence-electron chi connectivity index (χ2n) is 5.91. The second-order valence-corrected chi connectivity index (χ2v) is 7.38. The summed E-state index contributed by atoms with van der Waals surface area (Å²) < 4.78 is 0. The van der Waals surface area contributed by atoms with Gasteiger partial charge in [-0.2, -0.15) is 0 Å². The van der Waals surface area contributed by atoms with Gasteiger partial charge in [-0.05, 0) is 56.1 Å². The summed E-state index contributed by atoms with van der Waals surface area (Å²) in [5.74, 6) is 5.06. The van der Waals surface area contributed by atoms with Crippen LogP contribution >= 0.6 is 58.8 Å². The number of benzene rings is 2. The summed E-state index contributed by atoms with van der Waals surface area (Å²) in [5.41, 5.74) is 3.45. The Kier molecular flexibility index (Phi) is 14.9. The number of rotatable bonds is 2. The van der Waals surface area contributed by atoms with E-state index in [9.17, 15) is 9.59 Å². The van der Waals surface area contributed by atoms with Gasteiger partial charge in [-0.15, -0.1) is 12.4 Å². The predicted octanol–water partition coefficient (Wildman–Crippen LogP) is 6.11. The molecule has 0 aliphatic rings. The minimum absolute atomic E-state index is 0. The Bertz CT molecular complexity index is 719. The Labute approximate surface area is 185 Å². The molecule has 150 valence electrons. The molecule has 0 aliphatic heterocycles. The topological polar surface area (TPSA) is 72.2 Å². The molecule has 3 N–H and O–H groups in total. The first-order valence-electron chi connectivity index (χ1n) is 7.36. The van der Waals surface area contributed by atoms with Crippen molar-refractivity contribution < 1.29 is 9.59 Å². The zero-order chi connectivity index (χ0) is 20.3. The average Bonchev–Trinajstić information content (AvgIpc) is 2.58. The Morgan fingerprint density at radius 1 is 0.889 bits per heavy atom. The number of carbonyl (C=O) groups excluding carboxylic acids is 2. The fraction of sp³-hybridized carbons (Fsp3) is 0.222. The molecule has 0 aliphatic carbocycles. The lowest BCUT2D eigenvalue weighted by Crippen LogP contribution is -2.41. The van der Waals surface area contributed by atoms with Gasteiger partial charge < -0.3 is 0 Å². The number of nitrogens with one attached hydrogen (secondary N) is 1. The van der Waals surface area contributed by atoms with E-state index in [1.165, 1.54) is 6.07 Å². The van der Waals surface area contributed by atoms with Crippen LogP contribution in [0.25, 0.3) is 0 Å². The van der Waals surface area contributed by atoms with Gasteiger partial charge in [0.1, 0.15) is 0 Å². The number of hydrogen-bond donors (Lipinski definition) is 2. The van der Waals surface area contributed by atoms with Crippen molar-refractivity contribution >= 4 is 69.3 Å². The number of hydrogen-bond acceptors (Lipinski definition) is 4. The molecule has 2 aromatic carbocycles. The van der Waals surface area contributed by atoms with Crippen molar-refractivity contribution in [3.63, 3.8) is 0 Å². The minimum atomic E-state index is -0.600. The molecule has 0 spiro atoms. The molecule has 0 aromatic heterocycles. The van der Waals surface area contributed by atoms with Gasteiger partial charge in [0.2, 0.25) is 0 Å². The Balaban J connectivity index is 0. The predicted molar refractivity (Wildman–Crippen MR) is 118 cm³/mol. The van der Waals surface area contributed by atoms with Crippen LogP contribution in [0.5, 0.6) is 0 Å². The van der Waals surface area contributed by atoms with Crippen molar-refractivity contribution in [2.24, 2.45) is 5.84 Å². The fourth-order valence-electron chi connectivity index (χ4n) is 1.22. The highest BCUT2D eigenvalue weighted by Crippen LogP contribution is 2.26. The van der Waals surface area contributed by atoms with Crippen molar-refractivity contribution in [1.29, 1.82) is 0 Å². The third-order valence-corrected chi connectivity index (χ3v) is 3.84. The molecule has 4 nitrogen and oxygen atoms in total. The molecule has 9 heteroatoms. The first-order chi connectivity index (χ1) is 12.0. The van der Waals surface area contributed by atoms with Crippen LogP contribution in [-0.2, 0) is 0 Å². The first kappa shape index (κ1) is 28.4. The molecule has 0 fully saturated rings. The van der Waals surface area contributed by atoms with Gasteiger partial charge >= 0.3 is 0 Å². The largest absolute Gasteiger partial charge is 0.276 e. The monoisotopic (exact) mass is 472 g/mol. The van der Waals surface area contributed by atoms with E-state index in [1.807, 2.05) is 26.8 Å². The Morgan fingerprint density at radius 2 is 1.37 bits per heavy atom. The van der Waals surface area contributed by atoms with Crippen LogP contribution in [0.1, 0.15) is 41.5 Å². The van der Waals surface area contributed by atoms with Gasteiger partial charge in [-0.1, -0.05) is 59.6 Å². The van der Waals surface area contributed by atoms with E-state index in [-0.39, 0.29) is 28.5 Å². The number of halogens is 5. The van der Waals surface area contributed by atoms with Crippen LogP contribution in [0, 0.1) is 0 Å². The molecule has 27 heavy (non-hydrogen) atoms. The molecule has 0 heterocycles. The molecule has 0 amide bonds. The lowest BCUT2D eigenvalue weighted by Gasteiger charge is -2.14. The summed E-state index contributed by atoms with van der Waals surface area (Å²) in [4.78, 5) is 21.1. The smallest absolute Gasteiger partial charge is 0.253 e. The highest BCUT2D eigenvalue weighted by atomic mass is 35.5. The van der Waals surface area contributed by atoms with Crippen molar-refractivity contribution in [3.05, 3.63) is 69.7 Å². The van der Waals surface area contributed by atoms with Gasteiger partial charge in [-0.3, -0.25) is 20.9 Å². The summed E-state index contributed by atoms with van der Waals surface area (Å²) in [6.45, 7) is 6.02. The molecule has 0 atom stereocenters. The number of hydrazine groups is 1. The summed E-state index contributed by atoms with van der Waals surface area (Å²) in [7, 11) is 0. The standard InChI is InChI=1S/C7H3Cl3O.C7H5ClO.C4H12N2.ClH/c8-5-3-1-2-4(6(5)9)7(10)11;8-7(9)6-4-2-1-3-5-6;1-4(2,3)6-5;/h1-3H;1-5H;6H,5H2,1-3H3;1H. The second kappa shape index (κ2) is 14.2. The summed E-state index contributed by atoms with van der Waals surface area (Å²) in [6, 6.07) is 13.5. The van der Waals surface area contributed by atoms with Crippen LogP contribution in [0.3, 0.4) is 0 Å². The fourth-order valence-corrected chi connectivity index (χ4v) is 1.94. The summed E-state index contributed by atoms with van der Waals surface area (Å²) >= 11 is 21.6. The van der Waals surface area contributed by atoms with E-state index in [2.05, 4.69) is 5.43 Å². The van der Waals surface area contributed by atoms with Crippen molar-refractivity contribution in [2.45, 2.75) is 26.3 Å². The molecule has 0 unspecified atom stereocenters. The molecule has 0 radical (unpaired) electrons. The first-order valence-corrected chi connectivity index (χ1v) is 8.87. The van der Waals surface area contributed by atoms with Gasteiger partial charge in [0.15, 0.2) is 0 Å². The van der Waals surface area contributed by atoms with Gasteiger partial charge in [0.05, 0.1) is 15.6 Å². The van der Waals surface area contributed by atoms with Crippen LogP contribution in [0.15, 0.2) is 48.5 Å². The van der Waals surface area contributed by atoms with Crippen molar-refractivity contribution in [1.82, 2.24) is 5.43 Å². The maximum atomic E-state index is 10.6. The van der Waals surface area contributed by atoms with E-state index in [0.717, 1.165) is 0 Å². The minimum Gasteiger partial charge on any atom is -0.276 e. The Morgan fingerprint density at radius 3 is 1.67 bits per heavy atom. The molecular formula is C18H21Cl5N2O2. The van der Waals surface area contributed by atoms with Gasteiger partial charge in [-0.25, -0.2) is 0 Å². The maximum Gasteiger partial charge on any atom is 0.253 e. The van der Waals surface area contributed by atoms with Crippen molar-refractivity contribution in [3.8, 4) is 0 Å². The SMILES string of the molecule is CC(C)(C)NN.Cl.O=C(Cl)c1cccc(Cl)c1Cl.O=C(Cl)c1ccccc1. The van der Waals surface area contributed by atoms with Gasteiger partial charge in [0.25, 0.3) is 10.5 Å². The quantitative estimate of drug-likeness (QED) is 0.313. The average molecular weight is 475 g/mol. The zero-order valence-corrected chi connectivity index (χ0v) is 18.8. The Hall–Kier alpha value is -0.850. The third kappa shape index (κ3) is 13.0. The zero-order valence-electron chi connectivity index (χ0n) is 14.9. The molecular weight excluding hydrogens is 453 g/mol. The normalized spacial score (nSPS) is 9.63. The maximum absolute atomic E-state index is 10.6. The van der Waals surface area contributed by atoms with Crippen LogP contribution < -0.4 is 11.3 Å². The number of carbonyl (C=O) groups is 2. The van der Waals surface area contributed by atoms with Gasteiger partial charge in [0, 0.05) is 11.1 Å². The molecule has 0 saturated heterocycles. The highest BCUT2D eigenvalue weighted by molar-refractivity contribution is 6.69. The summed E-state index contributed by atoms with van der Waals surface area (Å²) in [5, 5.41) is -0.472. The van der Waals surface area contributed by atoms with Crippen LogP contribution in [0.4, 0.5) is 0 Å². The lowest BCUT2D eigenvalue weighted by atomic mass is 10.1. The lowest BCUT2D eigenvalue weighted by molar-refractivity contribution is 0.107. The van der Waals surface area contributed by atoms with E-state index >= 15 is 0 Å². The van der Waals surface area contributed by atoms with Crippen LogP contribution in [0.2, 0.25) is 10.0 Å². The van der Waals surface area contributed by atoms with Crippen molar-refractivity contribution in [2.75, 3.05) is 0 Å². The molecule has 2 rings (SSSR count). The third-order valence-electron chi connectivity index (χ3n) is 2.60. The van der Waals surface area contributed by atoms with E-state index < -0.39 is 10.5 Å². The van der Waals surface area contributed by atoms with E-state index in [1.54, 1.807) is 36.4 Å².